The summed E-state index contributed by atoms with van der Waals surface area (Å²) in [6.07, 6.45) is 0. The zero-order chi connectivity index (χ0) is 11.4. The van der Waals surface area contributed by atoms with Crippen molar-refractivity contribution < 1.29 is 9.18 Å². The molecule has 0 saturated heterocycles. The van der Waals surface area contributed by atoms with Crippen molar-refractivity contribution in [1.29, 1.82) is 5.26 Å². The Morgan fingerprint density at radius 3 is 2.87 bits per heavy atom. The van der Waals surface area contributed by atoms with Crippen molar-refractivity contribution in [2.45, 2.75) is 13.0 Å². The first kappa shape index (κ1) is 11.0. The van der Waals surface area contributed by atoms with Gasteiger partial charge in [0.2, 0.25) is 5.91 Å². The van der Waals surface area contributed by atoms with E-state index in [1.165, 1.54) is 25.1 Å². The number of nitrogens with two attached hydrogens (primary N) is 1. The summed E-state index contributed by atoms with van der Waals surface area (Å²) in [5.74, 6) is -1.19. The number of primary amides is 1. The predicted molar refractivity (Wildman–Crippen MR) is 53.4 cm³/mol. The van der Waals surface area contributed by atoms with Crippen molar-refractivity contribution in [1.82, 2.24) is 0 Å². The van der Waals surface area contributed by atoms with Crippen LogP contribution in [0.25, 0.3) is 0 Å². The molecule has 4 nitrogen and oxygen atoms in total. The third-order valence-electron chi connectivity index (χ3n) is 1.92. The molecule has 1 atom stereocenters. The van der Waals surface area contributed by atoms with Gasteiger partial charge in [-0.25, -0.2) is 4.39 Å². The van der Waals surface area contributed by atoms with Gasteiger partial charge in [-0.3, -0.25) is 4.79 Å². The fourth-order valence-corrected chi connectivity index (χ4v) is 1.06. The van der Waals surface area contributed by atoms with Gasteiger partial charge in [0.1, 0.15) is 23.5 Å². The lowest BCUT2D eigenvalue weighted by atomic mass is 10.1. The minimum atomic E-state index is -0.654. The normalized spacial score (nSPS) is 11.5. The Bertz CT molecular complexity index is 425. The fraction of sp³-hybridized carbons (Fsp3) is 0.200. The van der Waals surface area contributed by atoms with Crippen LogP contribution in [-0.4, -0.2) is 11.9 Å². The highest BCUT2D eigenvalue weighted by Crippen LogP contribution is 2.18. The Labute approximate surface area is 86.5 Å². The zero-order valence-corrected chi connectivity index (χ0v) is 8.12. The molecule has 1 unspecified atom stereocenters. The number of nitrogens with zero attached hydrogens (tertiary/aromatic N) is 1. The van der Waals surface area contributed by atoms with Crippen molar-refractivity contribution in [2.75, 3.05) is 5.32 Å². The lowest BCUT2D eigenvalue weighted by Crippen LogP contribution is -2.32. The molecule has 0 aliphatic carbocycles. The Morgan fingerprint density at radius 2 is 2.33 bits per heavy atom. The van der Waals surface area contributed by atoms with Gasteiger partial charge in [0, 0.05) is 0 Å². The number of nitrogens with one attached hydrogen (secondary N) is 1. The van der Waals surface area contributed by atoms with Gasteiger partial charge in [-0.2, -0.15) is 5.26 Å². The topological polar surface area (TPSA) is 78.9 Å². The van der Waals surface area contributed by atoms with E-state index in [9.17, 15) is 9.18 Å². The summed E-state index contributed by atoms with van der Waals surface area (Å²) in [5, 5.41) is 11.4. The maximum absolute atomic E-state index is 13.1. The third kappa shape index (κ3) is 2.44. The summed E-state index contributed by atoms with van der Waals surface area (Å²) in [7, 11) is 0. The largest absolute Gasteiger partial charge is 0.373 e. The molecule has 0 heterocycles. The van der Waals surface area contributed by atoms with Gasteiger partial charge in [-0.05, 0) is 19.1 Å². The summed E-state index contributed by atoms with van der Waals surface area (Å²) in [6.45, 7) is 1.54. The van der Waals surface area contributed by atoms with Crippen LogP contribution in [0.3, 0.4) is 0 Å². The van der Waals surface area contributed by atoms with E-state index >= 15 is 0 Å². The van der Waals surface area contributed by atoms with Crippen LogP contribution in [0.1, 0.15) is 12.5 Å². The van der Waals surface area contributed by atoms with Crippen molar-refractivity contribution in [3.63, 3.8) is 0 Å². The summed E-state index contributed by atoms with van der Waals surface area (Å²) in [5.41, 5.74) is 5.18. The van der Waals surface area contributed by atoms with E-state index in [2.05, 4.69) is 5.32 Å². The molecule has 15 heavy (non-hydrogen) atoms. The number of nitriles is 1. The highest BCUT2D eigenvalue weighted by molar-refractivity contribution is 5.83. The Morgan fingerprint density at radius 1 is 1.67 bits per heavy atom. The number of hydrogen-bond donors (Lipinski definition) is 2. The lowest BCUT2D eigenvalue weighted by molar-refractivity contribution is -0.118. The highest BCUT2D eigenvalue weighted by atomic mass is 19.1. The number of amides is 1. The van der Waals surface area contributed by atoms with Crippen molar-refractivity contribution in [3.05, 3.63) is 29.6 Å². The number of hydrogen-bond acceptors (Lipinski definition) is 3. The molecule has 0 aromatic heterocycles. The Hall–Kier alpha value is -2.09. The maximum atomic E-state index is 13.1. The van der Waals surface area contributed by atoms with Gasteiger partial charge in [-0.1, -0.05) is 6.07 Å². The lowest BCUT2D eigenvalue weighted by Gasteiger charge is -2.12. The predicted octanol–water partition coefficient (Wildman–Crippen LogP) is 0.983. The number of anilines is 1. The molecule has 5 heteroatoms. The summed E-state index contributed by atoms with van der Waals surface area (Å²) < 4.78 is 13.1. The van der Waals surface area contributed by atoms with Crippen LogP contribution in [0.2, 0.25) is 0 Å². The first-order valence-electron chi connectivity index (χ1n) is 4.30. The zero-order valence-electron chi connectivity index (χ0n) is 8.12. The van der Waals surface area contributed by atoms with E-state index < -0.39 is 17.8 Å². The average molecular weight is 207 g/mol. The molecule has 3 N–H and O–H groups in total. The van der Waals surface area contributed by atoms with Crippen LogP contribution in [0, 0.1) is 17.1 Å². The second kappa shape index (κ2) is 4.42. The molecule has 1 aromatic rings. The third-order valence-corrected chi connectivity index (χ3v) is 1.92. The molecule has 0 aliphatic heterocycles. The number of rotatable bonds is 3. The van der Waals surface area contributed by atoms with Crippen LogP contribution in [0.5, 0.6) is 0 Å². The second-order valence-electron chi connectivity index (χ2n) is 3.04. The molecular weight excluding hydrogens is 197 g/mol. The SMILES string of the molecule is CC(Nc1cccc(F)c1C#N)C(N)=O. The molecule has 0 bridgehead atoms. The maximum Gasteiger partial charge on any atom is 0.239 e. The van der Waals surface area contributed by atoms with Crippen molar-refractivity contribution in [2.24, 2.45) is 5.73 Å². The Kier molecular flexibility index (Phi) is 3.24. The molecule has 0 fully saturated rings. The van der Waals surface area contributed by atoms with E-state index in [4.69, 9.17) is 11.0 Å². The van der Waals surface area contributed by atoms with E-state index in [1.807, 2.05) is 0 Å². The first-order chi connectivity index (χ1) is 7.06. The minimum absolute atomic E-state index is 0.120. The van der Waals surface area contributed by atoms with E-state index in [0.717, 1.165) is 0 Å². The standard InChI is InChI=1S/C10H10FN3O/c1-6(10(13)15)14-9-4-2-3-8(11)7(9)5-12/h2-4,6,14H,1H3,(H2,13,15). The summed E-state index contributed by atoms with van der Waals surface area (Å²) in [4.78, 5) is 10.8. The van der Waals surface area contributed by atoms with Gasteiger partial charge < -0.3 is 11.1 Å². The highest BCUT2D eigenvalue weighted by Gasteiger charge is 2.12. The Balaban J connectivity index is 3.01. The fourth-order valence-electron chi connectivity index (χ4n) is 1.06. The van der Waals surface area contributed by atoms with Gasteiger partial charge in [0.25, 0.3) is 0 Å². The molecule has 0 spiro atoms. The molecule has 1 amide bonds. The van der Waals surface area contributed by atoms with Crippen LogP contribution in [0.4, 0.5) is 10.1 Å². The average Bonchev–Trinajstić information content (AvgIpc) is 2.18. The first-order valence-corrected chi connectivity index (χ1v) is 4.30. The van der Waals surface area contributed by atoms with E-state index in [0.29, 0.717) is 0 Å². The van der Waals surface area contributed by atoms with Crippen LogP contribution in [-0.2, 0) is 4.79 Å². The molecule has 0 radical (unpaired) electrons. The number of carbonyl (C=O) groups is 1. The quantitative estimate of drug-likeness (QED) is 0.775. The molecule has 1 aromatic carbocycles. The van der Waals surface area contributed by atoms with Gasteiger partial charge in [-0.15, -0.1) is 0 Å². The molecular formula is C10H10FN3O. The molecule has 78 valence electrons. The van der Waals surface area contributed by atoms with Gasteiger partial charge in [0.15, 0.2) is 0 Å². The van der Waals surface area contributed by atoms with Gasteiger partial charge >= 0.3 is 0 Å². The summed E-state index contributed by atoms with van der Waals surface area (Å²) in [6, 6.07) is 5.21. The van der Waals surface area contributed by atoms with E-state index in [-0.39, 0.29) is 11.3 Å². The van der Waals surface area contributed by atoms with E-state index in [1.54, 1.807) is 6.07 Å². The van der Waals surface area contributed by atoms with Crippen molar-refractivity contribution >= 4 is 11.6 Å². The number of benzene rings is 1. The second-order valence-corrected chi connectivity index (χ2v) is 3.04. The monoisotopic (exact) mass is 207 g/mol. The summed E-state index contributed by atoms with van der Waals surface area (Å²) >= 11 is 0. The van der Waals surface area contributed by atoms with Crippen LogP contribution < -0.4 is 11.1 Å². The van der Waals surface area contributed by atoms with Crippen molar-refractivity contribution in [3.8, 4) is 6.07 Å². The number of halogens is 1. The molecule has 1 rings (SSSR count). The molecule has 0 aliphatic rings. The minimum Gasteiger partial charge on any atom is -0.373 e. The van der Waals surface area contributed by atoms with Crippen LogP contribution >= 0.6 is 0 Å². The smallest absolute Gasteiger partial charge is 0.239 e. The van der Waals surface area contributed by atoms with Gasteiger partial charge in [0.05, 0.1) is 5.69 Å². The molecule has 0 saturated carbocycles. The van der Waals surface area contributed by atoms with Crippen LogP contribution in [0.15, 0.2) is 18.2 Å². The number of carbonyl (C=O) groups excluding carboxylic acids is 1.